The normalized spacial score (nSPS) is 10.9. The van der Waals surface area contributed by atoms with Crippen molar-refractivity contribution < 1.29 is 4.39 Å². The molecule has 2 N–H and O–H groups in total. The van der Waals surface area contributed by atoms with Gasteiger partial charge in [-0.2, -0.15) is 0 Å². The summed E-state index contributed by atoms with van der Waals surface area (Å²) in [4.78, 5) is 4.03. The molecule has 2 aromatic heterocycles. The Balaban J connectivity index is 2.24. The summed E-state index contributed by atoms with van der Waals surface area (Å²) in [5.41, 5.74) is 7.64. The van der Waals surface area contributed by atoms with Gasteiger partial charge in [0, 0.05) is 23.5 Å². The van der Waals surface area contributed by atoms with Crippen LogP contribution in [-0.2, 0) is 0 Å². The van der Waals surface area contributed by atoms with Gasteiger partial charge in [-0.25, -0.2) is 9.37 Å². The number of anilines is 1. The quantitative estimate of drug-likeness (QED) is 0.694. The number of fused-ring (bicyclic) bond motifs is 1. The van der Waals surface area contributed by atoms with E-state index in [1.807, 2.05) is 22.9 Å². The molecule has 0 saturated heterocycles. The summed E-state index contributed by atoms with van der Waals surface area (Å²) in [6.45, 7) is 0. The molecule has 4 heteroatoms. The van der Waals surface area contributed by atoms with Crippen LogP contribution in [0.4, 0.5) is 10.2 Å². The number of halogens is 1. The van der Waals surface area contributed by atoms with E-state index in [2.05, 4.69) is 4.98 Å². The molecule has 0 spiro atoms. The van der Waals surface area contributed by atoms with Crippen molar-refractivity contribution in [3.8, 4) is 5.69 Å². The third-order valence-electron chi connectivity index (χ3n) is 2.75. The van der Waals surface area contributed by atoms with Crippen LogP contribution in [0.25, 0.3) is 16.6 Å². The first kappa shape index (κ1) is 9.84. The van der Waals surface area contributed by atoms with Crippen LogP contribution in [0, 0.1) is 5.82 Å². The number of hydrogen-bond donors (Lipinski definition) is 1. The smallest absolute Gasteiger partial charge is 0.132 e. The van der Waals surface area contributed by atoms with Gasteiger partial charge >= 0.3 is 0 Å². The maximum Gasteiger partial charge on any atom is 0.132 e. The number of nitrogens with zero attached hydrogens (tertiary/aromatic N) is 2. The largest absolute Gasteiger partial charge is 0.383 e. The van der Waals surface area contributed by atoms with Crippen LogP contribution in [0.3, 0.4) is 0 Å². The lowest BCUT2D eigenvalue weighted by molar-refractivity contribution is 0.627. The van der Waals surface area contributed by atoms with Crippen LogP contribution >= 0.6 is 0 Å². The van der Waals surface area contributed by atoms with E-state index in [1.54, 1.807) is 18.3 Å². The molecule has 0 amide bonds. The molecule has 3 aromatic rings. The van der Waals surface area contributed by atoms with Gasteiger partial charge in [0.2, 0.25) is 0 Å². The average molecular weight is 227 g/mol. The standard InChI is InChI=1S/C13H10FN3/c14-9-1-3-10(4-2-9)17-8-6-11-12(17)5-7-16-13(11)15/h1-8H,(H2,15,16). The Morgan fingerprint density at radius 3 is 2.59 bits per heavy atom. The highest BCUT2D eigenvalue weighted by Gasteiger charge is 2.05. The van der Waals surface area contributed by atoms with Crippen molar-refractivity contribution in [3.63, 3.8) is 0 Å². The minimum absolute atomic E-state index is 0.244. The van der Waals surface area contributed by atoms with Crippen molar-refractivity contribution in [2.24, 2.45) is 0 Å². The first-order chi connectivity index (χ1) is 8.25. The van der Waals surface area contributed by atoms with E-state index in [0.717, 1.165) is 16.6 Å². The molecule has 0 radical (unpaired) electrons. The Kier molecular flexibility index (Phi) is 2.08. The Morgan fingerprint density at radius 1 is 1.06 bits per heavy atom. The molecule has 0 aliphatic carbocycles. The highest BCUT2D eigenvalue weighted by atomic mass is 19.1. The van der Waals surface area contributed by atoms with E-state index in [-0.39, 0.29) is 5.82 Å². The first-order valence-corrected chi connectivity index (χ1v) is 5.23. The molecule has 17 heavy (non-hydrogen) atoms. The molecule has 84 valence electrons. The fourth-order valence-corrected chi connectivity index (χ4v) is 1.92. The molecule has 0 aliphatic heterocycles. The molecule has 3 rings (SSSR count). The van der Waals surface area contributed by atoms with Crippen LogP contribution in [0.15, 0.2) is 48.8 Å². The molecule has 0 atom stereocenters. The lowest BCUT2D eigenvalue weighted by Gasteiger charge is -2.05. The van der Waals surface area contributed by atoms with Gasteiger partial charge < -0.3 is 10.3 Å². The Morgan fingerprint density at radius 2 is 1.82 bits per heavy atom. The number of aromatic nitrogens is 2. The maximum absolute atomic E-state index is 12.9. The van der Waals surface area contributed by atoms with E-state index in [4.69, 9.17) is 5.73 Å². The SMILES string of the molecule is Nc1nccc2c1ccn2-c1ccc(F)cc1. The van der Waals surface area contributed by atoms with Gasteiger partial charge in [0.25, 0.3) is 0 Å². The predicted molar refractivity (Wildman–Crippen MR) is 65.4 cm³/mol. The van der Waals surface area contributed by atoms with Gasteiger partial charge in [0.1, 0.15) is 11.6 Å². The summed E-state index contributed by atoms with van der Waals surface area (Å²) in [5.74, 6) is 0.259. The molecule has 0 bridgehead atoms. The summed E-state index contributed by atoms with van der Waals surface area (Å²) < 4.78 is 14.8. The summed E-state index contributed by atoms with van der Waals surface area (Å²) in [7, 11) is 0. The molecule has 0 unspecified atom stereocenters. The Hall–Kier alpha value is -2.36. The molecule has 1 aromatic carbocycles. The van der Waals surface area contributed by atoms with Gasteiger partial charge in [-0.15, -0.1) is 0 Å². The Bertz CT molecular complexity index is 671. The second kappa shape index (κ2) is 3.59. The van der Waals surface area contributed by atoms with Crippen molar-refractivity contribution >= 4 is 16.7 Å². The van der Waals surface area contributed by atoms with Crippen LogP contribution in [0.1, 0.15) is 0 Å². The van der Waals surface area contributed by atoms with Gasteiger partial charge in [-0.05, 0) is 36.4 Å². The van der Waals surface area contributed by atoms with Gasteiger partial charge in [0.05, 0.1) is 5.52 Å². The lowest BCUT2D eigenvalue weighted by Crippen LogP contribution is -1.94. The van der Waals surface area contributed by atoms with Gasteiger partial charge in [-0.3, -0.25) is 0 Å². The van der Waals surface area contributed by atoms with Crippen molar-refractivity contribution in [3.05, 3.63) is 54.6 Å². The number of pyridine rings is 1. The average Bonchev–Trinajstić information content (AvgIpc) is 2.75. The van der Waals surface area contributed by atoms with E-state index in [1.165, 1.54) is 12.1 Å². The zero-order chi connectivity index (χ0) is 11.8. The van der Waals surface area contributed by atoms with Crippen molar-refractivity contribution in [1.82, 2.24) is 9.55 Å². The zero-order valence-corrected chi connectivity index (χ0v) is 8.97. The number of rotatable bonds is 1. The molecule has 2 heterocycles. The molecule has 0 fully saturated rings. The van der Waals surface area contributed by atoms with E-state index < -0.39 is 0 Å². The number of nitrogen functional groups attached to an aromatic ring is 1. The monoisotopic (exact) mass is 227 g/mol. The van der Waals surface area contributed by atoms with E-state index >= 15 is 0 Å². The summed E-state index contributed by atoms with van der Waals surface area (Å²) >= 11 is 0. The van der Waals surface area contributed by atoms with Gasteiger partial charge in [-0.1, -0.05) is 0 Å². The summed E-state index contributed by atoms with van der Waals surface area (Å²) in [6.07, 6.45) is 3.56. The topological polar surface area (TPSA) is 43.8 Å². The predicted octanol–water partition coefficient (Wildman–Crippen LogP) is 2.75. The zero-order valence-electron chi connectivity index (χ0n) is 8.97. The second-order valence-corrected chi connectivity index (χ2v) is 3.79. The van der Waals surface area contributed by atoms with Crippen molar-refractivity contribution in [2.45, 2.75) is 0 Å². The number of benzene rings is 1. The maximum atomic E-state index is 12.9. The van der Waals surface area contributed by atoms with Crippen molar-refractivity contribution in [2.75, 3.05) is 5.73 Å². The highest BCUT2D eigenvalue weighted by molar-refractivity contribution is 5.90. The van der Waals surface area contributed by atoms with Crippen molar-refractivity contribution in [1.29, 1.82) is 0 Å². The number of nitrogens with two attached hydrogens (primary N) is 1. The number of hydrogen-bond acceptors (Lipinski definition) is 2. The van der Waals surface area contributed by atoms with E-state index in [9.17, 15) is 4.39 Å². The lowest BCUT2D eigenvalue weighted by atomic mass is 10.3. The molecule has 0 saturated carbocycles. The third kappa shape index (κ3) is 1.54. The van der Waals surface area contributed by atoms with E-state index in [0.29, 0.717) is 5.82 Å². The van der Waals surface area contributed by atoms with Crippen LogP contribution in [0.2, 0.25) is 0 Å². The first-order valence-electron chi connectivity index (χ1n) is 5.23. The Labute approximate surface area is 97.3 Å². The summed E-state index contributed by atoms with van der Waals surface area (Å²) in [6, 6.07) is 10.1. The molecular formula is C13H10FN3. The third-order valence-corrected chi connectivity index (χ3v) is 2.75. The minimum atomic E-state index is -0.244. The fraction of sp³-hybridized carbons (Fsp3) is 0. The fourth-order valence-electron chi connectivity index (χ4n) is 1.92. The molecular weight excluding hydrogens is 217 g/mol. The van der Waals surface area contributed by atoms with Gasteiger partial charge in [0.15, 0.2) is 0 Å². The summed E-state index contributed by atoms with van der Waals surface area (Å²) in [5, 5.41) is 0.900. The second-order valence-electron chi connectivity index (χ2n) is 3.79. The van der Waals surface area contributed by atoms with Crippen LogP contribution in [-0.4, -0.2) is 9.55 Å². The van der Waals surface area contributed by atoms with Crippen LogP contribution < -0.4 is 5.73 Å². The highest BCUT2D eigenvalue weighted by Crippen LogP contribution is 2.23. The molecule has 0 aliphatic rings. The molecule has 3 nitrogen and oxygen atoms in total. The minimum Gasteiger partial charge on any atom is -0.383 e. The van der Waals surface area contributed by atoms with Crippen LogP contribution in [0.5, 0.6) is 0 Å².